The van der Waals surface area contributed by atoms with Crippen LogP contribution in [0, 0.1) is 11.8 Å². The van der Waals surface area contributed by atoms with Crippen LogP contribution >= 0.6 is 0 Å². The number of hydrogen-bond donors (Lipinski definition) is 1. The van der Waals surface area contributed by atoms with Crippen LogP contribution in [-0.4, -0.2) is 33.7 Å². The number of piperidine rings is 1. The minimum Gasteiger partial charge on any atom is -0.378 e. The van der Waals surface area contributed by atoms with Gasteiger partial charge in [-0.15, -0.1) is 6.58 Å². The number of pyridine rings is 1. The van der Waals surface area contributed by atoms with Crippen LogP contribution in [0.1, 0.15) is 50.6 Å². The molecular formula is C19H26N2O. The zero-order valence-corrected chi connectivity index (χ0v) is 13.5. The maximum absolute atomic E-state index is 10.2. The molecule has 0 amide bonds. The Hall–Kier alpha value is -1.63. The first-order valence-electron chi connectivity index (χ1n) is 8.10. The van der Waals surface area contributed by atoms with E-state index in [1.807, 2.05) is 24.5 Å². The molecular weight excluding hydrogens is 272 g/mol. The molecule has 0 radical (unpaired) electrons. The minimum absolute atomic E-state index is 0.398. The van der Waals surface area contributed by atoms with E-state index < -0.39 is 5.60 Å². The third-order valence-electron chi connectivity index (χ3n) is 4.16. The van der Waals surface area contributed by atoms with E-state index in [0.717, 1.165) is 19.4 Å². The molecule has 0 aliphatic carbocycles. The quantitative estimate of drug-likeness (QED) is 0.669. The molecule has 1 fully saturated rings. The third kappa shape index (κ3) is 4.98. The van der Waals surface area contributed by atoms with Crippen LogP contribution in [0.15, 0.2) is 37.2 Å². The van der Waals surface area contributed by atoms with Crippen LogP contribution in [0.3, 0.4) is 0 Å². The Morgan fingerprint density at radius 3 is 3.14 bits per heavy atom. The van der Waals surface area contributed by atoms with Crippen molar-refractivity contribution in [2.75, 3.05) is 13.1 Å². The summed E-state index contributed by atoms with van der Waals surface area (Å²) < 4.78 is 0. The monoisotopic (exact) mass is 298 g/mol. The van der Waals surface area contributed by atoms with Crippen molar-refractivity contribution in [1.29, 1.82) is 0 Å². The summed E-state index contributed by atoms with van der Waals surface area (Å²) in [6.07, 6.45) is 10.6. The van der Waals surface area contributed by atoms with Gasteiger partial charge in [0.25, 0.3) is 0 Å². The Balaban J connectivity index is 1.99. The second kappa shape index (κ2) is 8.12. The van der Waals surface area contributed by atoms with Gasteiger partial charge in [0.2, 0.25) is 0 Å². The summed E-state index contributed by atoms with van der Waals surface area (Å²) in [6, 6.07) is 4.53. The maximum Gasteiger partial charge on any atom is 0.123 e. The Morgan fingerprint density at radius 2 is 2.41 bits per heavy atom. The van der Waals surface area contributed by atoms with Gasteiger partial charge in [-0.05, 0) is 50.8 Å². The molecule has 1 aliphatic heterocycles. The number of allylic oxidation sites excluding steroid dienone is 1. The SMILES string of the molecule is C=CCCC(C)(O)C#CCN1CCCCC1c1cccnc1. The summed E-state index contributed by atoms with van der Waals surface area (Å²) in [5, 5.41) is 10.2. The van der Waals surface area contributed by atoms with Crippen LogP contribution in [0.25, 0.3) is 0 Å². The molecule has 2 heterocycles. The summed E-state index contributed by atoms with van der Waals surface area (Å²) >= 11 is 0. The number of rotatable bonds is 5. The van der Waals surface area contributed by atoms with Gasteiger partial charge < -0.3 is 5.11 Å². The zero-order valence-electron chi connectivity index (χ0n) is 13.5. The van der Waals surface area contributed by atoms with E-state index in [1.165, 1.54) is 18.4 Å². The Kier molecular flexibility index (Phi) is 6.18. The number of aliphatic hydroxyl groups is 1. The van der Waals surface area contributed by atoms with Gasteiger partial charge >= 0.3 is 0 Å². The van der Waals surface area contributed by atoms with E-state index in [1.54, 1.807) is 6.92 Å². The second-order valence-electron chi connectivity index (χ2n) is 6.17. The number of hydrogen-bond acceptors (Lipinski definition) is 3. The Labute approximate surface area is 134 Å². The molecule has 1 aliphatic rings. The summed E-state index contributed by atoms with van der Waals surface area (Å²) in [5.74, 6) is 6.19. The fourth-order valence-corrected chi connectivity index (χ4v) is 2.91. The fourth-order valence-electron chi connectivity index (χ4n) is 2.91. The molecule has 1 N–H and O–H groups in total. The molecule has 2 rings (SSSR count). The predicted octanol–water partition coefficient (Wildman–Crippen LogP) is 3.33. The third-order valence-corrected chi connectivity index (χ3v) is 4.16. The highest BCUT2D eigenvalue weighted by atomic mass is 16.3. The summed E-state index contributed by atoms with van der Waals surface area (Å²) in [6.45, 7) is 7.22. The van der Waals surface area contributed by atoms with E-state index in [-0.39, 0.29) is 0 Å². The van der Waals surface area contributed by atoms with Crippen molar-refractivity contribution in [3.63, 3.8) is 0 Å². The molecule has 2 unspecified atom stereocenters. The molecule has 0 saturated carbocycles. The maximum atomic E-state index is 10.2. The summed E-state index contributed by atoms with van der Waals surface area (Å²) in [7, 11) is 0. The van der Waals surface area contributed by atoms with Crippen LogP contribution in [0.2, 0.25) is 0 Å². The van der Waals surface area contributed by atoms with Crippen LogP contribution in [0.5, 0.6) is 0 Å². The van der Waals surface area contributed by atoms with Gasteiger partial charge in [0, 0.05) is 18.4 Å². The number of likely N-dealkylation sites (tertiary alicyclic amines) is 1. The molecule has 118 valence electrons. The molecule has 0 bridgehead atoms. The molecule has 1 saturated heterocycles. The predicted molar refractivity (Wildman–Crippen MR) is 90.2 cm³/mol. The first kappa shape index (κ1) is 16.7. The summed E-state index contributed by atoms with van der Waals surface area (Å²) in [4.78, 5) is 6.64. The lowest BCUT2D eigenvalue weighted by Crippen LogP contribution is -2.34. The van der Waals surface area contributed by atoms with Crippen LogP contribution in [0.4, 0.5) is 0 Å². The largest absolute Gasteiger partial charge is 0.378 e. The van der Waals surface area contributed by atoms with Gasteiger partial charge in [0.1, 0.15) is 5.60 Å². The molecule has 2 atom stereocenters. The molecule has 22 heavy (non-hydrogen) atoms. The van der Waals surface area contributed by atoms with Gasteiger partial charge in [0.15, 0.2) is 0 Å². The van der Waals surface area contributed by atoms with Crippen molar-refractivity contribution in [2.24, 2.45) is 0 Å². The van der Waals surface area contributed by atoms with E-state index in [2.05, 4.69) is 34.4 Å². The molecule has 1 aromatic heterocycles. The van der Waals surface area contributed by atoms with Crippen LogP contribution < -0.4 is 0 Å². The van der Waals surface area contributed by atoms with Crippen LogP contribution in [-0.2, 0) is 0 Å². The zero-order chi connectivity index (χ0) is 15.8. The van der Waals surface area contributed by atoms with Crippen molar-refractivity contribution in [1.82, 2.24) is 9.88 Å². The Bertz CT molecular complexity index is 527. The first-order valence-corrected chi connectivity index (χ1v) is 8.10. The highest BCUT2D eigenvalue weighted by molar-refractivity contribution is 5.17. The molecule has 0 spiro atoms. The van der Waals surface area contributed by atoms with Gasteiger partial charge in [-0.3, -0.25) is 9.88 Å². The topological polar surface area (TPSA) is 36.4 Å². The molecule has 0 aromatic carbocycles. The van der Waals surface area contributed by atoms with Crippen molar-refractivity contribution in [3.8, 4) is 11.8 Å². The standard InChI is InChI=1S/C19H26N2O/c1-3-4-11-19(2,22)12-8-15-21-14-6-5-10-18(21)17-9-7-13-20-16-17/h3,7,9,13,16,18,22H,1,4-6,10-11,14-15H2,2H3. The van der Waals surface area contributed by atoms with Crippen molar-refractivity contribution < 1.29 is 5.11 Å². The average Bonchev–Trinajstić information content (AvgIpc) is 2.54. The number of nitrogens with zero attached hydrogens (tertiary/aromatic N) is 2. The normalized spacial score (nSPS) is 21.5. The minimum atomic E-state index is -0.923. The van der Waals surface area contributed by atoms with Crippen molar-refractivity contribution in [2.45, 2.75) is 50.7 Å². The van der Waals surface area contributed by atoms with E-state index in [0.29, 0.717) is 19.0 Å². The van der Waals surface area contributed by atoms with Gasteiger partial charge in [-0.1, -0.05) is 30.4 Å². The highest BCUT2D eigenvalue weighted by Crippen LogP contribution is 2.29. The molecule has 3 heteroatoms. The average molecular weight is 298 g/mol. The van der Waals surface area contributed by atoms with E-state index in [9.17, 15) is 5.11 Å². The fraction of sp³-hybridized carbons (Fsp3) is 0.526. The van der Waals surface area contributed by atoms with E-state index in [4.69, 9.17) is 0 Å². The van der Waals surface area contributed by atoms with Crippen molar-refractivity contribution in [3.05, 3.63) is 42.7 Å². The highest BCUT2D eigenvalue weighted by Gasteiger charge is 2.23. The second-order valence-corrected chi connectivity index (χ2v) is 6.17. The van der Waals surface area contributed by atoms with Crippen molar-refractivity contribution >= 4 is 0 Å². The number of aromatic nitrogens is 1. The first-order chi connectivity index (χ1) is 10.6. The van der Waals surface area contributed by atoms with Gasteiger partial charge in [-0.25, -0.2) is 0 Å². The Morgan fingerprint density at radius 1 is 1.55 bits per heavy atom. The molecule has 1 aromatic rings. The van der Waals surface area contributed by atoms with Gasteiger partial charge in [0.05, 0.1) is 6.54 Å². The lowest BCUT2D eigenvalue weighted by molar-refractivity contribution is 0.113. The van der Waals surface area contributed by atoms with E-state index >= 15 is 0 Å². The lowest BCUT2D eigenvalue weighted by Gasteiger charge is -2.34. The molecule has 3 nitrogen and oxygen atoms in total. The smallest absolute Gasteiger partial charge is 0.123 e. The lowest BCUT2D eigenvalue weighted by atomic mass is 9.96. The van der Waals surface area contributed by atoms with Gasteiger partial charge in [-0.2, -0.15) is 0 Å². The summed E-state index contributed by atoms with van der Waals surface area (Å²) in [5.41, 5.74) is 0.343.